The number of sulfone groups is 1. The van der Waals surface area contributed by atoms with Gasteiger partial charge in [-0.05, 0) is 26.0 Å². The lowest BCUT2D eigenvalue weighted by molar-refractivity contribution is -0.120. The fourth-order valence-electron chi connectivity index (χ4n) is 1.98. The molecule has 1 amide bonds. The summed E-state index contributed by atoms with van der Waals surface area (Å²) in [5.74, 6) is 0.318. The molecule has 7 nitrogen and oxygen atoms in total. The van der Waals surface area contributed by atoms with E-state index >= 15 is 0 Å². The van der Waals surface area contributed by atoms with E-state index in [0.717, 1.165) is 0 Å². The third-order valence-electron chi connectivity index (χ3n) is 3.21. The van der Waals surface area contributed by atoms with Crippen LogP contribution in [0.5, 0.6) is 11.5 Å². The maximum atomic E-state index is 12.3. The molecule has 0 saturated carbocycles. The van der Waals surface area contributed by atoms with Crippen molar-refractivity contribution < 1.29 is 22.7 Å². The van der Waals surface area contributed by atoms with Gasteiger partial charge < -0.3 is 20.5 Å². The number of nitrogens with one attached hydrogen (secondary N) is 1. The highest BCUT2D eigenvalue weighted by atomic mass is 32.2. The number of rotatable bonds is 6. The van der Waals surface area contributed by atoms with Crippen molar-refractivity contribution in [3.63, 3.8) is 0 Å². The minimum Gasteiger partial charge on any atom is -0.486 e. The molecule has 0 fully saturated rings. The molecule has 128 valence electrons. The number of carbonyl (C=O) groups excluding carboxylic acids is 1. The smallest absolute Gasteiger partial charge is 0.221 e. The van der Waals surface area contributed by atoms with Crippen LogP contribution < -0.4 is 20.5 Å². The van der Waals surface area contributed by atoms with Gasteiger partial charge in [0, 0.05) is 24.6 Å². The molecule has 0 spiro atoms. The van der Waals surface area contributed by atoms with E-state index < -0.39 is 15.4 Å². The van der Waals surface area contributed by atoms with Gasteiger partial charge in [-0.25, -0.2) is 8.42 Å². The van der Waals surface area contributed by atoms with E-state index in [1.165, 1.54) is 12.1 Å². The fourth-order valence-corrected chi connectivity index (χ4v) is 3.23. The van der Waals surface area contributed by atoms with Crippen LogP contribution in [0.1, 0.15) is 20.3 Å². The predicted molar refractivity (Wildman–Crippen MR) is 85.4 cm³/mol. The molecule has 0 bridgehead atoms. The molecule has 1 heterocycles. The zero-order valence-corrected chi connectivity index (χ0v) is 14.1. The van der Waals surface area contributed by atoms with Crippen LogP contribution in [0.25, 0.3) is 0 Å². The monoisotopic (exact) mass is 342 g/mol. The highest BCUT2D eigenvalue weighted by Crippen LogP contribution is 2.32. The molecule has 0 aromatic heterocycles. The molecular weight excluding hydrogens is 320 g/mol. The van der Waals surface area contributed by atoms with Crippen molar-refractivity contribution in [1.29, 1.82) is 0 Å². The largest absolute Gasteiger partial charge is 0.486 e. The molecule has 1 aliphatic rings. The van der Waals surface area contributed by atoms with Gasteiger partial charge in [-0.1, -0.05) is 0 Å². The first kappa shape index (κ1) is 17.6. The molecule has 1 aliphatic heterocycles. The molecule has 8 heteroatoms. The SMILES string of the molecule is CC(C)(N)CNC(=O)CCS(=O)(=O)c1ccc2c(c1)OCCO2. The van der Waals surface area contributed by atoms with Crippen LogP contribution in [0.15, 0.2) is 23.1 Å². The minimum atomic E-state index is -3.57. The number of benzene rings is 1. The van der Waals surface area contributed by atoms with Crippen LogP contribution in [-0.4, -0.2) is 45.4 Å². The Balaban J connectivity index is 1.98. The third kappa shape index (κ3) is 5.11. The van der Waals surface area contributed by atoms with Gasteiger partial charge in [-0.15, -0.1) is 0 Å². The van der Waals surface area contributed by atoms with Crippen molar-refractivity contribution in [2.75, 3.05) is 25.5 Å². The van der Waals surface area contributed by atoms with Crippen LogP contribution in [0, 0.1) is 0 Å². The Morgan fingerprint density at radius 2 is 1.91 bits per heavy atom. The van der Waals surface area contributed by atoms with Gasteiger partial charge in [0.15, 0.2) is 21.3 Å². The molecule has 1 aromatic carbocycles. The first-order chi connectivity index (χ1) is 10.7. The van der Waals surface area contributed by atoms with Crippen molar-refractivity contribution in [2.24, 2.45) is 5.73 Å². The minimum absolute atomic E-state index is 0.118. The number of nitrogens with two attached hydrogens (primary N) is 1. The van der Waals surface area contributed by atoms with Crippen molar-refractivity contribution in [1.82, 2.24) is 5.32 Å². The molecule has 1 aromatic rings. The Labute approximate surface area is 136 Å². The number of hydrogen-bond donors (Lipinski definition) is 2. The Morgan fingerprint density at radius 1 is 1.26 bits per heavy atom. The predicted octanol–water partition coefficient (Wildman–Crippen LogP) is 0.475. The summed E-state index contributed by atoms with van der Waals surface area (Å²) in [5, 5.41) is 2.62. The highest BCUT2D eigenvalue weighted by Gasteiger charge is 2.21. The van der Waals surface area contributed by atoms with Crippen molar-refractivity contribution >= 4 is 15.7 Å². The second kappa shape index (κ2) is 6.76. The quantitative estimate of drug-likeness (QED) is 0.778. The summed E-state index contributed by atoms with van der Waals surface area (Å²) in [6, 6.07) is 4.47. The lowest BCUT2D eigenvalue weighted by Gasteiger charge is -2.19. The molecule has 0 atom stereocenters. The third-order valence-corrected chi connectivity index (χ3v) is 4.93. The number of hydrogen-bond acceptors (Lipinski definition) is 6. The molecule has 3 N–H and O–H groups in total. The standard InChI is InChI=1S/C15H22N2O5S/c1-15(2,16)10-17-14(18)5-8-23(19,20)11-3-4-12-13(9-11)22-7-6-21-12/h3-4,9H,5-8,10,16H2,1-2H3,(H,17,18). The average Bonchev–Trinajstić information content (AvgIpc) is 2.50. The Hall–Kier alpha value is -1.80. The van der Waals surface area contributed by atoms with Crippen LogP contribution >= 0.6 is 0 Å². The topological polar surface area (TPSA) is 108 Å². The Kier molecular flexibility index (Phi) is 5.16. The lowest BCUT2D eigenvalue weighted by atomic mass is 10.1. The molecule has 0 saturated heterocycles. The first-order valence-electron chi connectivity index (χ1n) is 7.35. The Bertz CT molecular complexity index is 680. The van der Waals surface area contributed by atoms with Gasteiger partial charge in [0.05, 0.1) is 10.6 Å². The average molecular weight is 342 g/mol. The first-order valence-corrected chi connectivity index (χ1v) is 9.01. The summed E-state index contributed by atoms with van der Waals surface area (Å²) in [4.78, 5) is 11.8. The summed E-state index contributed by atoms with van der Waals surface area (Å²) in [6.45, 7) is 4.67. The molecule has 0 aliphatic carbocycles. The molecule has 0 unspecified atom stereocenters. The summed E-state index contributed by atoms with van der Waals surface area (Å²) in [7, 11) is -3.57. The summed E-state index contributed by atoms with van der Waals surface area (Å²) in [5.41, 5.74) is 5.23. The lowest BCUT2D eigenvalue weighted by Crippen LogP contribution is -2.45. The van der Waals surface area contributed by atoms with Crippen molar-refractivity contribution in [3.8, 4) is 11.5 Å². The van der Waals surface area contributed by atoms with Gasteiger partial charge in [0.2, 0.25) is 5.91 Å². The molecule has 2 rings (SSSR count). The van der Waals surface area contributed by atoms with Gasteiger partial charge in [0.25, 0.3) is 0 Å². The van der Waals surface area contributed by atoms with Gasteiger partial charge in [-0.2, -0.15) is 0 Å². The van der Waals surface area contributed by atoms with E-state index in [1.54, 1.807) is 19.9 Å². The summed E-state index contributed by atoms with van der Waals surface area (Å²) in [6.07, 6.45) is -0.118. The van der Waals surface area contributed by atoms with Crippen LogP contribution in [0.3, 0.4) is 0 Å². The second-order valence-corrected chi connectivity index (χ2v) is 8.25. The van der Waals surface area contributed by atoms with Crippen molar-refractivity contribution in [3.05, 3.63) is 18.2 Å². The van der Waals surface area contributed by atoms with E-state index in [0.29, 0.717) is 24.7 Å². The van der Waals surface area contributed by atoms with Crippen LogP contribution in [-0.2, 0) is 14.6 Å². The number of amides is 1. The number of carbonyl (C=O) groups is 1. The Morgan fingerprint density at radius 3 is 2.57 bits per heavy atom. The highest BCUT2D eigenvalue weighted by molar-refractivity contribution is 7.91. The summed E-state index contributed by atoms with van der Waals surface area (Å²) < 4.78 is 35.4. The van der Waals surface area contributed by atoms with Crippen LogP contribution in [0.2, 0.25) is 0 Å². The van der Waals surface area contributed by atoms with Crippen LogP contribution in [0.4, 0.5) is 0 Å². The normalized spacial score (nSPS) is 14.4. The fraction of sp³-hybridized carbons (Fsp3) is 0.533. The molecule has 23 heavy (non-hydrogen) atoms. The van der Waals surface area contributed by atoms with E-state index in [9.17, 15) is 13.2 Å². The van der Waals surface area contributed by atoms with E-state index in [4.69, 9.17) is 15.2 Å². The summed E-state index contributed by atoms with van der Waals surface area (Å²) >= 11 is 0. The van der Waals surface area contributed by atoms with E-state index in [2.05, 4.69) is 5.32 Å². The number of fused-ring (bicyclic) bond motifs is 1. The van der Waals surface area contributed by atoms with Gasteiger partial charge >= 0.3 is 0 Å². The maximum absolute atomic E-state index is 12.3. The maximum Gasteiger partial charge on any atom is 0.221 e. The molecule has 0 radical (unpaired) electrons. The zero-order chi connectivity index (χ0) is 17.1. The van der Waals surface area contributed by atoms with Gasteiger partial charge in [-0.3, -0.25) is 4.79 Å². The molecular formula is C15H22N2O5S. The van der Waals surface area contributed by atoms with E-state index in [1.807, 2.05) is 0 Å². The van der Waals surface area contributed by atoms with E-state index in [-0.39, 0.29) is 29.5 Å². The van der Waals surface area contributed by atoms with Crippen molar-refractivity contribution in [2.45, 2.75) is 30.7 Å². The zero-order valence-electron chi connectivity index (χ0n) is 13.3. The van der Waals surface area contributed by atoms with Gasteiger partial charge in [0.1, 0.15) is 13.2 Å². The number of ether oxygens (including phenoxy) is 2. The second-order valence-electron chi connectivity index (χ2n) is 6.14.